The van der Waals surface area contributed by atoms with Gasteiger partial charge < -0.3 is 0 Å². The summed E-state index contributed by atoms with van der Waals surface area (Å²) in [7, 11) is 0. The Bertz CT molecular complexity index is 640. The van der Waals surface area contributed by atoms with Gasteiger partial charge in [-0.05, 0) is 44.0 Å². The van der Waals surface area contributed by atoms with Crippen LogP contribution in [0.15, 0.2) is 45.6 Å². The molecule has 1 aromatic carbocycles. The standard InChI is InChI=1S/C12H6Br2N2.Ru/c13-9-5-3-7-1-2-8-4-6-10(14)16-12(8)11(7)15-9;/h1-6H;. The fourth-order valence-electron chi connectivity index (χ4n) is 1.72. The van der Waals surface area contributed by atoms with Crippen molar-refractivity contribution < 1.29 is 19.5 Å². The fraction of sp³-hybridized carbons (Fsp3) is 0. The van der Waals surface area contributed by atoms with Gasteiger partial charge in [0.05, 0.1) is 11.0 Å². The van der Waals surface area contributed by atoms with Gasteiger partial charge in [-0.25, -0.2) is 9.97 Å². The molecule has 3 rings (SSSR count). The quantitative estimate of drug-likeness (QED) is 0.297. The van der Waals surface area contributed by atoms with Crippen LogP contribution in [0.3, 0.4) is 0 Å². The van der Waals surface area contributed by atoms with Gasteiger partial charge in [0, 0.05) is 30.3 Å². The summed E-state index contributed by atoms with van der Waals surface area (Å²) >= 11 is 6.77. The first kappa shape index (κ1) is 13.1. The molecule has 2 aromatic heterocycles. The molecule has 0 amide bonds. The van der Waals surface area contributed by atoms with Crippen molar-refractivity contribution in [3.05, 3.63) is 45.6 Å². The van der Waals surface area contributed by atoms with Gasteiger partial charge in [-0.1, -0.05) is 24.3 Å². The van der Waals surface area contributed by atoms with Crippen molar-refractivity contribution >= 4 is 53.7 Å². The first-order valence-corrected chi connectivity index (χ1v) is 6.34. The molecule has 0 aliphatic carbocycles. The van der Waals surface area contributed by atoms with E-state index in [9.17, 15) is 0 Å². The van der Waals surface area contributed by atoms with Crippen LogP contribution >= 0.6 is 31.9 Å². The third kappa shape index (κ3) is 2.42. The smallest absolute Gasteiger partial charge is 0.106 e. The van der Waals surface area contributed by atoms with Crippen LogP contribution in [0.4, 0.5) is 0 Å². The SMILES string of the molecule is Brc1ccc2ccc3ccc(Br)nc3c2n1.[Ru]. The molecule has 0 saturated heterocycles. The van der Waals surface area contributed by atoms with Crippen LogP contribution in [0.1, 0.15) is 0 Å². The second-order valence-corrected chi connectivity index (χ2v) is 5.10. The number of pyridine rings is 2. The number of benzene rings is 1. The summed E-state index contributed by atoms with van der Waals surface area (Å²) < 4.78 is 1.66. The number of nitrogens with zero attached hydrogens (tertiary/aromatic N) is 2. The predicted molar refractivity (Wildman–Crippen MR) is 72.4 cm³/mol. The monoisotopic (exact) mass is 438 g/mol. The second kappa shape index (κ2) is 5.09. The molecular formula is C12H6Br2N2Ru. The molecule has 17 heavy (non-hydrogen) atoms. The van der Waals surface area contributed by atoms with Crippen molar-refractivity contribution in [3.8, 4) is 0 Å². The predicted octanol–water partition coefficient (Wildman–Crippen LogP) is 4.31. The zero-order valence-corrected chi connectivity index (χ0v) is 13.4. The van der Waals surface area contributed by atoms with Gasteiger partial charge >= 0.3 is 0 Å². The van der Waals surface area contributed by atoms with Crippen molar-refractivity contribution in [1.29, 1.82) is 0 Å². The summed E-state index contributed by atoms with van der Waals surface area (Å²) in [5, 5.41) is 2.20. The van der Waals surface area contributed by atoms with E-state index in [-0.39, 0.29) is 19.5 Å². The summed E-state index contributed by atoms with van der Waals surface area (Å²) in [6, 6.07) is 12.1. The number of hydrogen-bond acceptors (Lipinski definition) is 2. The third-order valence-corrected chi connectivity index (χ3v) is 3.33. The minimum atomic E-state index is 0. The molecule has 0 N–H and O–H groups in total. The van der Waals surface area contributed by atoms with Crippen LogP contribution in [-0.4, -0.2) is 9.97 Å². The van der Waals surface area contributed by atoms with Gasteiger partial charge in [-0.2, -0.15) is 0 Å². The molecular weight excluding hydrogens is 433 g/mol. The normalized spacial score (nSPS) is 10.5. The summed E-state index contributed by atoms with van der Waals surface area (Å²) in [6.07, 6.45) is 0. The Morgan fingerprint density at radius 3 is 1.41 bits per heavy atom. The molecule has 2 nitrogen and oxygen atoms in total. The first-order valence-electron chi connectivity index (χ1n) is 4.75. The molecule has 0 spiro atoms. The molecule has 3 aromatic rings. The summed E-state index contributed by atoms with van der Waals surface area (Å²) in [5.41, 5.74) is 1.85. The van der Waals surface area contributed by atoms with E-state index in [4.69, 9.17) is 0 Å². The van der Waals surface area contributed by atoms with E-state index in [1.54, 1.807) is 0 Å². The molecule has 0 saturated carbocycles. The largest absolute Gasteiger partial charge is 0.239 e. The van der Waals surface area contributed by atoms with Crippen LogP contribution in [0, 0.1) is 0 Å². The van der Waals surface area contributed by atoms with Crippen LogP contribution < -0.4 is 0 Å². The maximum absolute atomic E-state index is 4.48. The molecule has 0 atom stereocenters. The third-order valence-electron chi connectivity index (χ3n) is 2.45. The van der Waals surface area contributed by atoms with E-state index >= 15 is 0 Å². The topological polar surface area (TPSA) is 25.8 Å². The Morgan fingerprint density at radius 1 is 0.647 bits per heavy atom. The van der Waals surface area contributed by atoms with Gasteiger partial charge in [-0.15, -0.1) is 0 Å². The van der Waals surface area contributed by atoms with Gasteiger partial charge in [0.25, 0.3) is 0 Å². The molecule has 0 aliphatic heterocycles. The van der Waals surface area contributed by atoms with Crippen LogP contribution in [0.5, 0.6) is 0 Å². The van der Waals surface area contributed by atoms with Gasteiger partial charge in [0.15, 0.2) is 0 Å². The van der Waals surface area contributed by atoms with E-state index in [2.05, 4.69) is 54.0 Å². The average Bonchev–Trinajstić information content (AvgIpc) is 2.29. The number of fused-ring (bicyclic) bond motifs is 3. The number of hydrogen-bond donors (Lipinski definition) is 0. The zero-order valence-electron chi connectivity index (χ0n) is 8.47. The van der Waals surface area contributed by atoms with Crippen molar-refractivity contribution in [1.82, 2.24) is 9.97 Å². The van der Waals surface area contributed by atoms with E-state index in [1.807, 2.05) is 24.3 Å². The molecule has 0 radical (unpaired) electrons. The molecule has 0 unspecified atom stereocenters. The molecule has 2 heterocycles. The minimum absolute atomic E-state index is 0. The number of aromatic nitrogens is 2. The van der Waals surface area contributed by atoms with Crippen molar-refractivity contribution in [3.63, 3.8) is 0 Å². The Kier molecular flexibility index (Phi) is 3.91. The van der Waals surface area contributed by atoms with Crippen LogP contribution in [0.2, 0.25) is 0 Å². The molecule has 0 bridgehead atoms. The average molecular weight is 439 g/mol. The van der Waals surface area contributed by atoms with E-state index in [0.29, 0.717) is 0 Å². The summed E-state index contributed by atoms with van der Waals surface area (Å²) in [6.45, 7) is 0. The molecule has 86 valence electrons. The first-order chi connectivity index (χ1) is 7.74. The summed E-state index contributed by atoms with van der Waals surface area (Å²) in [4.78, 5) is 8.96. The maximum Gasteiger partial charge on any atom is 0.106 e. The van der Waals surface area contributed by atoms with Crippen molar-refractivity contribution in [2.75, 3.05) is 0 Å². The second-order valence-electron chi connectivity index (χ2n) is 3.48. The Labute approximate surface area is 128 Å². The zero-order chi connectivity index (χ0) is 11.1. The molecule has 0 aliphatic rings. The number of halogens is 2. The van der Waals surface area contributed by atoms with E-state index in [0.717, 1.165) is 31.0 Å². The minimum Gasteiger partial charge on any atom is -0.239 e. The van der Waals surface area contributed by atoms with E-state index < -0.39 is 0 Å². The fourth-order valence-corrected chi connectivity index (χ4v) is 2.34. The van der Waals surface area contributed by atoms with Crippen molar-refractivity contribution in [2.24, 2.45) is 0 Å². The van der Waals surface area contributed by atoms with Gasteiger partial charge in [-0.3, -0.25) is 0 Å². The van der Waals surface area contributed by atoms with Crippen molar-refractivity contribution in [2.45, 2.75) is 0 Å². The van der Waals surface area contributed by atoms with E-state index in [1.165, 1.54) is 0 Å². The number of rotatable bonds is 0. The molecule has 5 heteroatoms. The Hall–Kier alpha value is -0.377. The van der Waals surface area contributed by atoms with Crippen LogP contribution in [-0.2, 0) is 19.5 Å². The Morgan fingerprint density at radius 2 is 1.00 bits per heavy atom. The maximum atomic E-state index is 4.48. The van der Waals surface area contributed by atoms with Gasteiger partial charge in [0.1, 0.15) is 9.21 Å². The van der Waals surface area contributed by atoms with Crippen LogP contribution in [0.25, 0.3) is 21.8 Å². The molecule has 0 fully saturated rings. The summed E-state index contributed by atoms with van der Waals surface area (Å²) in [5.74, 6) is 0. The Balaban J connectivity index is 0.00000108. The van der Waals surface area contributed by atoms with Gasteiger partial charge in [0.2, 0.25) is 0 Å².